The highest BCUT2D eigenvalue weighted by Gasteiger charge is 2.16. The third kappa shape index (κ3) is 7.70. The van der Waals surface area contributed by atoms with E-state index in [1.807, 2.05) is 18.2 Å². The fraction of sp³-hybridized carbons (Fsp3) is 0.333. The zero-order chi connectivity index (χ0) is 22.6. The standard InChI is InChI=1S/C24H27NO6/c1-3-31-23(28)20-9-6-8-17(15-20)7-4-5-10-21(26)25-16-18-11-13-19(14-12-18)22(27)24(29)30-2/h6,8-9,11-15H,3-5,7,10,16H2,1-2H3,(H,25,26). The Morgan fingerprint density at radius 3 is 2.32 bits per heavy atom. The number of unbranched alkanes of at least 4 members (excludes halogenated alkanes) is 1. The summed E-state index contributed by atoms with van der Waals surface area (Å²) in [6.07, 6.45) is 2.72. The van der Waals surface area contributed by atoms with Gasteiger partial charge in [-0.3, -0.25) is 9.59 Å². The highest BCUT2D eigenvalue weighted by atomic mass is 16.5. The van der Waals surface area contributed by atoms with Crippen LogP contribution in [0.1, 0.15) is 58.0 Å². The minimum Gasteiger partial charge on any atom is -0.463 e. The average molecular weight is 425 g/mol. The molecule has 0 radical (unpaired) electrons. The van der Waals surface area contributed by atoms with Gasteiger partial charge in [-0.15, -0.1) is 0 Å². The van der Waals surface area contributed by atoms with Crippen LogP contribution >= 0.6 is 0 Å². The van der Waals surface area contributed by atoms with Gasteiger partial charge in [0, 0.05) is 18.5 Å². The van der Waals surface area contributed by atoms with Gasteiger partial charge in [0.15, 0.2) is 0 Å². The lowest BCUT2D eigenvalue weighted by Gasteiger charge is -2.07. The second kappa shape index (κ2) is 12.3. The van der Waals surface area contributed by atoms with Crippen LogP contribution in [0.25, 0.3) is 0 Å². The average Bonchev–Trinajstić information content (AvgIpc) is 2.80. The maximum atomic E-state index is 12.1. The fourth-order valence-corrected chi connectivity index (χ4v) is 2.96. The van der Waals surface area contributed by atoms with E-state index in [4.69, 9.17) is 4.74 Å². The smallest absolute Gasteiger partial charge is 0.379 e. The summed E-state index contributed by atoms with van der Waals surface area (Å²) in [7, 11) is 1.16. The van der Waals surface area contributed by atoms with Gasteiger partial charge in [-0.2, -0.15) is 0 Å². The highest BCUT2D eigenvalue weighted by Crippen LogP contribution is 2.11. The second-order valence-electron chi connectivity index (χ2n) is 6.92. The maximum Gasteiger partial charge on any atom is 0.379 e. The number of hydrogen-bond acceptors (Lipinski definition) is 6. The van der Waals surface area contributed by atoms with Gasteiger partial charge in [0.05, 0.1) is 19.3 Å². The molecule has 1 amide bonds. The summed E-state index contributed by atoms with van der Waals surface area (Å²) in [5.74, 6) is -2.00. The molecule has 31 heavy (non-hydrogen) atoms. The van der Waals surface area contributed by atoms with Gasteiger partial charge in [-0.25, -0.2) is 9.59 Å². The van der Waals surface area contributed by atoms with E-state index in [9.17, 15) is 19.2 Å². The lowest BCUT2D eigenvalue weighted by Crippen LogP contribution is -2.22. The Kier molecular flexibility index (Phi) is 9.42. The van der Waals surface area contributed by atoms with Gasteiger partial charge < -0.3 is 14.8 Å². The van der Waals surface area contributed by atoms with E-state index < -0.39 is 11.8 Å². The Balaban J connectivity index is 1.71. The van der Waals surface area contributed by atoms with E-state index >= 15 is 0 Å². The van der Waals surface area contributed by atoms with Crippen LogP contribution < -0.4 is 5.32 Å². The molecule has 0 bridgehead atoms. The molecule has 0 atom stereocenters. The quantitative estimate of drug-likeness (QED) is 0.257. The van der Waals surface area contributed by atoms with Crippen LogP contribution in [-0.2, 0) is 32.0 Å². The molecule has 0 spiro atoms. The van der Waals surface area contributed by atoms with Gasteiger partial charge in [0.1, 0.15) is 0 Å². The number of amides is 1. The molecule has 0 aliphatic heterocycles. The zero-order valence-electron chi connectivity index (χ0n) is 17.8. The van der Waals surface area contributed by atoms with Crippen molar-refractivity contribution < 1.29 is 28.7 Å². The van der Waals surface area contributed by atoms with Crippen LogP contribution in [-0.4, -0.2) is 37.3 Å². The van der Waals surface area contributed by atoms with Crippen molar-refractivity contribution in [3.05, 3.63) is 70.8 Å². The number of benzene rings is 2. The number of hydrogen-bond donors (Lipinski definition) is 1. The Hall–Kier alpha value is -3.48. The summed E-state index contributed by atoms with van der Waals surface area (Å²) in [5.41, 5.74) is 2.64. The van der Waals surface area contributed by atoms with Crippen LogP contribution in [0.15, 0.2) is 48.5 Å². The van der Waals surface area contributed by atoms with E-state index in [-0.39, 0.29) is 17.4 Å². The third-order valence-corrected chi connectivity index (χ3v) is 4.63. The number of carbonyl (C=O) groups is 4. The second-order valence-corrected chi connectivity index (χ2v) is 6.92. The van der Waals surface area contributed by atoms with Crippen LogP contribution in [0.5, 0.6) is 0 Å². The van der Waals surface area contributed by atoms with Crippen molar-refractivity contribution in [3.63, 3.8) is 0 Å². The number of ketones is 1. The van der Waals surface area contributed by atoms with Gasteiger partial charge in [-0.05, 0) is 49.4 Å². The monoisotopic (exact) mass is 425 g/mol. The molecule has 0 aliphatic carbocycles. The maximum absolute atomic E-state index is 12.1. The van der Waals surface area contributed by atoms with Crippen LogP contribution in [0.4, 0.5) is 0 Å². The molecule has 2 aromatic rings. The number of Topliss-reactive ketones (excluding diaryl/α,β-unsaturated/α-hetero) is 1. The Bertz CT molecular complexity index is 920. The van der Waals surface area contributed by atoms with Crippen LogP contribution in [0.3, 0.4) is 0 Å². The lowest BCUT2D eigenvalue weighted by atomic mass is 10.0. The minimum atomic E-state index is -0.909. The molecule has 164 valence electrons. The Morgan fingerprint density at radius 2 is 1.65 bits per heavy atom. The first-order chi connectivity index (χ1) is 14.9. The number of aryl methyl sites for hydroxylation is 1. The molecule has 2 rings (SSSR count). The third-order valence-electron chi connectivity index (χ3n) is 4.63. The summed E-state index contributed by atoms with van der Waals surface area (Å²) in [4.78, 5) is 46.8. The normalized spacial score (nSPS) is 10.3. The molecule has 1 N–H and O–H groups in total. The summed E-state index contributed by atoms with van der Waals surface area (Å²) >= 11 is 0. The van der Waals surface area contributed by atoms with Crippen molar-refractivity contribution in [2.24, 2.45) is 0 Å². The molecule has 0 unspecified atom stereocenters. The molecular formula is C24H27NO6. The molecule has 7 heteroatoms. The number of rotatable bonds is 11. The van der Waals surface area contributed by atoms with E-state index in [0.29, 0.717) is 25.1 Å². The molecule has 0 fully saturated rings. The molecule has 0 aromatic heterocycles. The minimum absolute atomic E-state index is 0.0602. The summed E-state index contributed by atoms with van der Waals surface area (Å²) in [6.45, 7) is 2.45. The van der Waals surface area contributed by atoms with Crippen molar-refractivity contribution in [3.8, 4) is 0 Å². The predicted molar refractivity (Wildman–Crippen MR) is 115 cm³/mol. The van der Waals surface area contributed by atoms with Crippen LogP contribution in [0, 0.1) is 0 Å². The molecule has 2 aromatic carbocycles. The fourth-order valence-electron chi connectivity index (χ4n) is 2.96. The van der Waals surface area contributed by atoms with Crippen molar-refractivity contribution >= 4 is 23.6 Å². The highest BCUT2D eigenvalue weighted by molar-refractivity contribution is 6.40. The Labute approximate surface area is 181 Å². The SMILES string of the molecule is CCOC(=O)c1cccc(CCCCC(=O)NCc2ccc(C(=O)C(=O)OC)cc2)c1. The number of ether oxygens (including phenoxy) is 2. The zero-order valence-corrected chi connectivity index (χ0v) is 17.8. The molecule has 0 aliphatic rings. The molecular weight excluding hydrogens is 398 g/mol. The first-order valence-corrected chi connectivity index (χ1v) is 10.2. The van der Waals surface area contributed by atoms with Crippen molar-refractivity contribution in [1.82, 2.24) is 5.32 Å². The number of nitrogens with one attached hydrogen (secondary N) is 1. The molecule has 0 heterocycles. The van der Waals surface area contributed by atoms with Crippen molar-refractivity contribution in [1.29, 1.82) is 0 Å². The van der Waals surface area contributed by atoms with Gasteiger partial charge in [0.2, 0.25) is 5.91 Å². The van der Waals surface area contributed by atoms with E-state index in [0.717, 1.165) is 37.5 Å². The van der Waals surface area contributed by atoms with Crippen molar-refractivity contribution in [2.75, 3.05) is 13.7 Å². The predicted octanol–water partition coefficient (Wildman–Crippen LogP) is 3.25. The summed E-state index contributed by atoms with van der Waals surface area (Å²) in [5, 5.41) is 2.84. The van der Waals surface area contributed by atoms with E-state index in [1.165, 1.54) is 12.1 Å². The summed E-state index contributed by atoms with van der Waals surface area (Å²) in [6, 6.07) is 13.8. The largest absolute Gasteiger partial charge is 0.463 e. The first-order valence-electron chi connectivity index (χ1n) is 10.2. The van der Waals surface area contributed by atoms with Gasteiger partial charge in [-0.1, -0.05) is 36.4 Å². The molecule has 7 nitrogen and oxygen atoms in total. The van der Waals surface area contributed by atoms with Gasteiger partial charge >= 0.3 is 11.9 Å². The summed E-state index contributed by atoms with van der Waals surface area (Å²) < 4.78 is 9.42. The number of carbonyl (C=O) groups excluding carboxylic acids is 4. The lowest BCUT2D eigenvalue weighted by molar-refractivity contribution is -0.135. The topological polar surface area (TPSA) is 98.8 Å². The first kappa shape index (κ1) is 23.8. The van der Waals surface area contributed by atoms with E-state index in [2.05, 4.69) is 10.1 Å². The molecule has 0 saturated heterocycles. The Morgan fingerprint density at radius 1 is 0.903 bits per heavy atom. The van der Waals surface area contributed by atoms with Gasteiger partial charge in [0.25, 0.3) is 5.78 Å². The number of methoxy groups -OCH3 is 1. The number of esters is 2. The van der Waals surface area contributed by atoms with Crippen LogP contribution in [0.2, 0.25) is 0 Å². The van der Waals surface area contributed by atoms with Crippen molar-refractivity contribution in [2.45, 2.75) is 39.2 Å². The molecule has 0 saturated carbocycles. The van der Waals surface area contributed by atoms with E-state index in [1.54, 1.807) is 25.1 Å².